The zero-order valence-electron chi connectivity index (χ0n) is 19.5. The lowest BCUT2D eigenvalue weighted by Gasteiger charge is -2.28. The molecular weight excluding hydrogens is 537 g/mol. The van der Waals surface area contributed by atoms with Crippen molar-refractivity contribution in [2.24, 2.45) is 5.73 Å². The van der Waals surface area contributed by atoms with Crippen molar-refractivity contribution >= 4 is 33.2 Å². The van der Waals surface area contributed by atoms with Crippen molar-refractivity contribution in [2.75, 3.05) is 25.1 Å². The second kappa shape index (κ2) is 10.9. The number of anilines is 1. The van der Waals surface area contributed by atoms with Crippen LogP contribution in [0.3, 0.4) is 0 Å². The van der Waals surface area contributed by atoms with E-state index in [2.05, 4.69) is 0 Å². The van der Waals surface area contributed by atoms with Crippen molar-refractivity contribution in [3.05, 3.63) is 82.4 Å². The summed E-state index contributed by atoms with van der Waals surface area (Å²) < 4.78 is 79.2. The molecule has 37 heavy (non-hydrogen) atoms. The second-order valence-electron chi connectivity index (χ2n) is 7.69. The van der Waals surface area contributed by atoms with Crippen LogP contribution < -0.4 is 19.5 Å². The van der Waals surface area contributed by atoms with E-state index in [0.29, 0.717) is 4.31 Å². The van der Waals surface area contributed by atoms with Gasteiger partial charge in [0.05, 0.1) is 30.4 Å². The lowest BCUT2D eigenvalue weighted by Crippen LogP contribution is -2.39. The van der Waals surface area contributed by atoms with Gasteiger partial charge in [-0.1, -0.05) is 29.8 Å². The number of aliphatic hydroxyl groups excluding tert-OH is 1. The van der Waals surface area contributed by atoms with Gasteiger partial charge in [0, 0.05) is 16.7 Å². The zero-order chi connectivity index (χ0) is 27.5. The summed E-state index contributed by atoms with van der Waals surface area (Å²) >= 11 is 6.07. The summed E-state index contributed by atoms with van der Waals surface area (Å²) in [5.41, 5.74) is 3.06. The maximum absolute atomic E-state index is 13.7. The van der Waals surface area contributed by atoms with E-state index in [0.717, 1.165) is 30.3 Å². The monoisotopic (exact) mass is 558 g/mol. The fourth-order valence-corrected chi connectivity index (χ4v) is 5.33. The highest BCUT2D eigenvalue weighted by molar-refractivity contribution is 7.92. The lowest BCUT2D eigenvalue weighted by molar-refractivity contribution is -0.139. The molecule has 1 atom stereocenters. The number of carbonyl (C=O) groups is 1. The third-order valence-corrected chi connectivity index (χ3v) is 7.35. The Labute approximate surface area is 216 Å². The number of benzene rings is 3. The van der Waals surface area contributed by atoms with Gasteiger partial charge in [-0.25, -0.2) is 8.42 Å². The van der Waals surface area contributed by atoms with E-state index >= 15 is 0 Å². The standard InChI is InChI=1S/C24H22ClF3N2O6S/c1-35-20-10-8-15(12-21(20)36-2)37(33,34)30(13-22(29)31)19-9-7-14(25)11-17(19)23(32)16-5-3-4-6-18(16)24(26,27)28/h3-12,23,32H,13H2,1-2H3,(H2,29,31). The number of amides is 1. The van der Waals surface area contributed by atoms with Crippen molar-refractivity contribution in [2.45, 2.75) is 17.2 Å². The van der Waals surface area contributed by atoms with E-state index in [1.54, 1.807) is 0 Å². The molecule has 0 heterocycles. The van der Waals surface area contributed by atoms with E-state index in [1.165, 1.54) is 44.6 Å². The maximum atomic E-state index is 13.7. The molecule has 8 nitrogen and oxygen atoms in total. The van der Waals surface area contributed by atoms with Crippen LogP contribution in [0.1, 0.15) is 22.8 Å². The van der Waals surface area contributed by atoms with Gasteiger partial charge in [-0.05, 0) is 42.0 Å². The summed E-state index contributed by atoms with van der Waals surface area (Å²) in [4.78, 5) is 11.6. The van der Waals surface area contributed by atoms with Crippen LogP contribution in [-0.2, 0) is 21.0 Å². The van der Waals surface area contributed by atoms with Gasteiger partial charge in [0.15, 0.2) is 11.5 Å². The van der Waals surface area contributed by atoms with Crippen molar-refractivity contribution in [3.63, 3.8) is 0 Å². The Morgan fingerprint density at radius 2 is 1.68 bits per heavy atom. The molecule has 0 aromatic heterocycles. The van der Waals surface area contributed by atoms with Crippen LogP contribution in [0.5, 0.6) is 11.5 Å². The highest BCUT2D eigenvalue weighted by Crippen LogP contribution is 2.41. The van der Waals surface area contributed by atoms with E-state index in [4.69, 9.17) is 26.8 Å². The van der Waals surface area contributed by atoms with Crippen LogP contribution in [0, 0.1) is 0 Å². The predicted molar refractivity (Wildman–Crippen MR) is 130 cm³/mol. The van der Waals surface area contributed by atoms with Crippen molar-refractivity contribution in [1.82, 2.24) is 0 Å². The summed E-state index contributed by atoms with van der Waals surface area (Å²) in [7, 11) is -1.93. The number of hydrogen-bond acceptors (Lipinski definition) is 6. The Bertz CT molecular complexity index is 1420. The molecule has 0 bridgehead atoms. The first-order valence-electron chi connectivity index (χ1n) is 10.5. The molecule has 1 unspecified atom stereocenters. The predicted octanol–water partition coefficient (Wildman–Crippen LogP) is 4.14. The molecule has 0 fully saturated rings. The van der Waals surface area contributed by atoms with Crippen LogP contribution in [0.4, 0.5) is 18.9 Å². The van der Waals surface area contributed by atoms with Crippen LogP contribution in [0.15, 0.2) is 65.6 Å². The number of primary amides is 1. The number of aliphatic hydroxyl groups is 1. The van der Waals surface area contributed by atoms with E-state index in [-0.39, 0.29) is 32.7 Å². The minimum absolute atomic E-state index is 0.00447. The van der Waals surface area contributed by atoms with Crippen LogP contribution in [0.25, 0.3) is 0 Å². The SMILES string of the molecule is COc1ccc(S(=O)(=O)N(CC(N)=O)c2ccc(Cl)cc2C(O)c2ccccc2C(F)(F)F)cc1OC. The number of alkyl halides is 3. The summed E-state index contributed by atoms with van der Waals surface area (Å²) in [6.45, 7) is -0.890. The topological polar surface area (TPSA) is 119 Å². The largest absolute Gasteiger partial charge is 0.493 e. The average molecular weight is 559 g/mol. The van der Waals surface area contributed by atoms with Crippen LogP contribution >= 0.6 is 11.6 Å². The van der Waals surface area contributed by atoms with Crippen molar-refractivity contribution in [1.29, 1.82) is 0 Å². The molecule has 0 spiro atoms. The number of sulfonamides is 1. The van der Waals surface area contributed by atoms with Gasteiger partial charge < -0.3 is 20.3 Å². The number of carbonyl (C=O) groups excluding carboxylic acids is 1. The molecule has 13 heteroatoms. The molecule has 0 saturated heterocycles. The molecule has 198 valence electrons. The molecule has 0 aliphatic heterocycles. The molecule has 0 aliphatic carbocycles. The molecule has 3 N–H and O–H groups in total. The Morgan fingerprint density at radius 3 is 2.27 bits per heavy atom. The first-order chi connectivity index (χ1) is 17.3. The number of ether oxygens (including phenoxy) is 2. The van der Waals surface area contributed by atoms with E-state index in [1.807, 2.05) is 0 Å². The van der Waals surface area contributed by atoms with Crippen LogP contribution in [-0.4, -0.2) is 40.2 Å². The lowest BCUT2D eigenvalue weighted by atomic mass is 9.95. The highest BCUT2D eigenvalue weighted by Gasteiger charge is 2.37. The number of nitrogens with two attached hydrogens (primary N) is 1. The Kier molecular flexibility index (Phi) is 8.25. The molecule has 3 aromatic rings. The average Bonchev–Trinajstić information content (AvgIpc) is 2.85. The normalized spacial score (nSPS) is 12.6. The molecule has 3 aromatic carbocycles. The summed E-state index contributed by atoms with van der Waals surface area (Å²) in [6.07, 6.45) is -6.78. The molecule has 3 rings (SSSR count). The maximum Gasteiger partial charge on any atom is 0.416 e. The van der Waals surface area contributed by atoms with Gasteiger partial charge in [0.1, 0.15) is 12.6 Å². The smallest absolute Gasteiger partial charge is 0.416 e. The first kappa shape index (κ1) is 28.1. The zero-order valence-corrected chi connectivity index (χ0v) is 21.1. The molecule has 0 radical (unpaired) electrons. The van der Waals surface area contributed by atoms with E-state index < -0.39 is 45.9 Å². The molecular formula is C24H22ClF3N2O6S. The minimum Gasteiger partial charge on any atom is -0.493 e. The highest BCUT2D eigenvalue weighted by atomic mass is 35.5. The third-order valence-electron chi connectivity index (χ3n) is 5.36. The second-order valence-corrected chi connectivity index (χ2v) is 9.98. The van der Waals surface area contributed by atoms with Crippen LogP contribution in [0.2, 0.25) is 5.02 Å². The Balaban J connectivity index is 2.24. The van der Waals surface area contributed by atoms with Gasteiger partial charge in [0.25, 0.3) is 10.0 Å². The fraction of sp³-hybridized carbons (Fsp3) is 0.208. The number of methoxy groups -OCH3 is 2. The first-order valence-corrected chi connectivity index (χ1v) is 12.3. The van der Waals surface area contributed by atoms with Gasteiger partial charge >= 0.3 is 6.18 Å². The summed E-state index contributed by atoms with van der Waals surface area (Å²) in [5.74, 6) is -0.762. The minimum atomic E-state index is -4.81. The molecule has 0 aliphatic rings. The molecule has 0 saturated carbocycles. The van der Waals surface area contributed by atoms with Gasteiger partial charge in [0.2, 0.25) is 5.91 Å². The number of nitrogens with zero attached hydrogens (tertiary/aromatic N) is 1. The number of halogens is 4. The van der Waals surface area contributed by atoms with Crippen molar-refractivity contribution in [3.8, 4) is 11.5 Å². The number of rotatable bonds is 9. The Hall–Kier alpha value is -3.48. The summed E-state index contributed by atoms with van der Waals surface area (Å²) in [5, 5.41) is 11.1. The van der Waals surface area contributed by atoms with E-state index in [9.17, 15) is 31.5 Å². The molecule has 1 amide bonds. The van der Waals surface area contributed by atoms with Gasteiger partial charge in [-0.2, -0.15) is 13.2 Å². The summed E-state index contributed by atoms with van der Waals surface area (Å²) in [6, 6.07) is 11.5. The number of hydrogen-bond donors (Lipinski definition) is 2. The van der Waals surface area contributed by atoms with Crippen molar-refractivity contribution < 1.29 is 41.0 Å². The Morgan fingerprint density at radius 1 is 1.03 bits per heavy atom. The van der Waals surface area contributed by atoms with Gasteiger partial charge in [-0.3, -0.25) is 9.10 Å². The van der Waals surface area contributed by atoms with Gasteiger partial charge in [-0.15, -0.1) is 0 Å². The third kappa shape index (κ3) is 5.92. The fourth-order valence-electron chi connectivity index (χ4n) is 3.68. The quantitative estimate of drug-likeness (QED) is 0.407.